The summed E-state index contributed by atoms with van der Waals surface area (Å²) in [7, 11) is 0. The third kappa shape index (κ3) is 8.21. The summed E-state index contributed by atoms with van der Waals surface area (Å²) in [6.45, 7) is 4.50. The predicted molar refractivity (Wildman–Crippen MR) is 92.5 cm³/mol. The molecule has 1 rings (SSSR count). The number of nitrogens with two attached hydrogens (primary N) is 1. The predicted octanol–water partition coefficient (Wildman–Crippen LogP) is 5.43. The van der Waals surface area contributed by atoms with Crippen molar-refractivity contribution in [3.05, 3.63) is 30.1 Å². The molecule has 0 aromatic carbocycles. The maximum Gasteiger partial charge on any atom is 0.0270 e. The summed E-state index contributed by atoms with van der Waals surface area (Å²) < 4.78 is 0. The fourth-order valence-corrected chi connectivity index (χ4v) is 2.85. The Morgan fingerprint density at radius 3 is 2.00 bits per heavy atom. The van der Waals surface area contributed by atoms with E-state index in [1.165, 1.54) is 63.4 Å². The van der Waals surface area contributed by atoms with Crippen LogP contribution in [0.2, 0.25) is 0 Å². The van der Waals surface area contributed by atoms with Gasteiger partial charge in [-0.2, -0.15) is 0 Å². The molecule has 0 spiro atoms. The maximum absolute atomic E-state index is 6.32. The number of unbranched alkanes of at least 4 members (excludes halogenated alkanes) is 8. The molecule has 0 amide bonds. The van der Waals surface area contributed by atoms with E-state index in [1.54, 1.807) is 0 Å². The van der Waals surface area contributed by atoms with E-state index in [2.05, 4.69) is 31.0 Å². The Morgan fingerprint density at radius 1 is 0.905 bits per heavy atom. The first kappa shape index (κ1) is 18.2. The lowest BCUT2D eigenvalue weighted by atomic mass is 9.91. The molecular weight excluding hydrogens is 256 g/mol. The molecule has 0 saturated heterocycles. The van der Waals surface area contributed by atoms with Crippen molar-refractivity contribution in [2.75, 3.05) is 0 Å². The van der Waals surface area contributed by atoms with Crippen molar-refractivity contribution in [2.45, 2.75) is 90.0 Å². The molecule has 0 radical (unpaired) electrons. The highest BCUT2D eigenvalue weighted by Gasteiger charge is 2.13. The molecule has 2 atom stereocenters. The lowest BCUT2D eigenvalue weighted by Crippen LogP contribution is -2.26. The molecule has 2 heteroatoms. The van der Waals surface area contributed by atoms with Gasteiger partial charge in [0.05, 0.1) is 0 Å². The lowest BCUT2D eigenvalue weighted by Gasteiger charge is -2.20. The minimum Gasteiger partial charge on any atom is -0.327 e. The van der Waals surface area contributed by atoms with Crippen LogP contribution in [-0.2, 0) is 0 Å². The standard InChI is InChI=1S/C19H34N2/c1-3-4-5-6-7-8-9-10-11-12-19(20)17(2)18-13-15-21-16-14-18/h13-17,19H,3-12,20H2,1-2H3. The van der Waals surface area contributed by atoms with Crippen molar-refractivity contribution in [1.29, 1.82) is 0 Å². The monoisotopic (exact) mass is 290 g/mol. The second-order valence-electron chi connectivity index (χ2n) is 6.35. The highest BCUT2D eigenvalue weighted by Crippen LogP contribution is 2.21. The Morgan fingerprint density at radius 2 is 1.43 bits per heavy atom. The molecule has 21 heavy (non-hydrogen) atoms. The van der Waals surface area contributed by atoms with Crippen LogP contribution in [0.1, 0.15) is 89.5 Å². The van der Waals surface area contributed by atoms with Crippen molar-refractivity contribution >= 4 is 0 Å². The van der Waals surface area contributed by atoms with Crippen molar-refractivity contribution in [2.24, 2.45) is 5.73 Å². The first-order chi connectivity index (χ1) is 10.3. The SMILES string of the molecule is CCCCCCCCCCCC(N)C(C)c1ccncc1. The summed E-state index contributed by atoms with van der Waals surface area (Å²) in [5.74, 6) is 0.432. The highest BCUT2D eigenvalue weighted by molar-refractivity contribution is 5.16. The van der Waals surface area contributed by atoms with E-state index in [0.29, 0.717) is 5.92 Å². The first-order valence-corrected chi connectivity index (χ1v) is 8.91. The summed E-state index contributed by atoms with van der Waals surface area (Å²) in [5.41, 5.74) is 7.64. The van der Waals surface area contributed by atoms with Gasteiger partial charge in [-0.3, -0.25) is 4.98 Å². The largest absolute Gasteiger partial charge is 0.327 e. The molecule has 0 aliphatic heterocycles. The summed E-state index contributed by atoms with van der Waals surface area (Å²) in [4.78, 5) is 4.07. The second kappa shape index (κ2) is 11.7. The average Bonchev–Trinajstić information content (AvgIpc) is 2.53. The van der Waals surface area contributed by atoms with Crippen LogP contribution in [0.5, 0.6) is 0 Å². The summed E-state index contributed by atoms with van der Waals surface area (Å²) in [6, 6.07) is 4.44. The van der Waals surface area contributed by atoms with Crippen LogP contribution >= 0.6 is 0 Å². The number of pyridine rings is 1. The van der Waals surface area contributed by atoms with Gasteiger partial charge in [0.1, 0.15) is 0 Å². The van der Waals surface area contributed by atoms with Crippen LogP contribution in [0.15, 0.2) is 24.5 Å². The van der Waals surface area contributed by atoms with Gasteiger partial charge in [0.2, 0.25) is 0 Å². The Balaban J connectivity index is 2.02. The fourth-order valence-electron chi connectivity index (χ4n) is 2.85. The number of rotatable bonds is 12. The van der Waals surface area contributed by atoms with Gasteiger partial charge in [-0.15, -0.1) is 0 Å². The van der Waals surface area contributed by atoms with Crippen molar-refractivity contribution < 1.29 is 0 Å². The molecule has 2 nitrogen and oxygen atoms in total. The zero-order valence-electron chi connectivity index (χ0n) is 14.1. The quantitative estimate of drug-likeness (QED) is 0.521. The number of nitrogens with zero attached hydrogens (tertiary/aromatic N) is 1. The average molecular weight is 290 g/mol. The molecule has 1 aromatic heterocycles. The van der Waals surface area contributed by atoms with Crippen LogP contribution < -0.4 is 5.73 Å². The van der Waals surface area contributed by atoms with Crippen LogP contribution in [-0.4, -0.2) is 11.0 Å². The van der Waals surface area contributed by atoms with Crippen LogP contribution in [0.25, 0.3) is 0 Å². The topological polar surface area (TPSA) is 38.9 Å². The Labute approximate surface area is 131 Å². The second-order valence-corrected chi connectivity index (χ2v) is 6.35. The summed E-state index contributed by atoms with van der Waals surface area (Å²) in [6.07, 6.45) is 17.2. The Kier molecular flexibility index (Phi) is 10.1. The molecule has 1 heterocycles. The summed E-state index contributed by atoms with van der Waals surface area (Å²) in [5, 5.41) is 0. The highest BCUT2D eigenvalue weighted by atomic mass is 14.6. The fraction of sp³-hybridized carbons (Fsp3) is 0.737. The number of aromatic nitrogens is 1. The van der Waals surface area contributed by atoms with Gasteiger partial charge >= 0.3 is 0 Å². The normalized spacial score (nSPS) is 14.0. The molecule has 0 aliphatic rings. The van der Waals surface area contributed by atoms with Gasteiger partial charge in [-0.05, 0) is 30.0 Å². The first-order valence-electron chi connectivity index (χ1n) is 8.91. The molecule has 0 aliphatic carbocycles. The third-order valence-corrected chi connectivity index (χ3v) is 4.52. The molecule has 0 saturated carbocycles. The van der Waals surface area contributed by atoms with E-state index in [-0.39, 0.29) is 6.04 Å². The molecule has 0 fully saturated rings. The minimum absolute atomic E-state index is 0.275. The van der Waals surface area contributed by atoms with E-state index in [4.69, 9.17) is 5.73 Å². The molecule has 120 valence electrons. The zero-order valence-corrected chi connectivity index (χ0v) is 14.1. The molecule has 0 bridgehead atoms. The minimum atomic E-state index is 0.275. The van der Waals surface area contributed by atoms with Gasteiger partial charge in [0.15, 0.2) is 0 Å². The van der Waals surface area contributed by atoms with Crippen LogP contribution in [0, 0.1) is 0 Å². The summed E-state index contributed by atoms with van der Waals surface area (Å²) >= 11 is 0. The Hall–Kier alpha value is -0.890. The number of hydrogen-bond donors (Lipinski definition) is 1. The molecule has 1 aromatic rings. The van der Waals surface area contributed by atoms with Gasteiger partial charge in [0, 0.05) is 18.4 Å². The van der Waals surface area contributed by atoms with Crippen LogP contribution in [0.4, 0.5) is 0 Å². The van der Waals surface area contributed by atoms with Gasteiger partial charge in [-0.1, -0.05) is 71.6 Å². The van der Waals surface area contributed by atoms with E-state index < -0.39 is 0 Å². The van der Waals surface area contributed by atoms with Crippen molar-refractivity contribution in [3.63, 3.8) is 0 Å². The van der Waals surface area contributed by atoms with Gasteiger partial charge in [-0.25, -0.2) is 0 Å². The lowest BCUT2D eigenvalue weighted by molar-refractivity contribution is 0.484. The van der Waals surface area contributed by atoms with E-state index in [9.17, 15) is 0 Å². The van der Waals surface area contributed by atoms with E-state index in [0.717, 1.165) is 6.42 Å². The van der Waals surface area contributed by atoms with E-state index >= 15 is 0 Å². The van der Waals surface area contributed by atoms with E-state index in [1.807, 2.05) is 12.4 Å². The Bertz CT molecular complexity index is 337. The van der Waals surface area contributed by atoms with Gasteiger partial charge < -0.3 is 5.73 Å². The maximum atomic E-state index is 6.32. The van der Waals surface area contributed by atoms with Crippen molar-refractivity contribution in [1.82, 2.24) is 4.98 Å². The van der Waals surface area contributed by atoms with Gasteiger partial charge in [0.25, 0.3) is 0 Å². The van der Waals surface area contributed by atoms with Crippen LogP contribution in [0.3, 0.4) is 0 Å². The zero-order chi connectivity index (χ0) is 15.3. The molecular formula is C19H34N2. The molecule has 2 N–H and O–H groups in total. The molecule has 2 unspecified atom stereocenters. The van der Waals surface area contributed by atoms with Crippen molar-refractivity contribution in [3.8, 4) is 0 Å². The number of hydrogen-bond acceptors (Lipinski definition) is 2. The smallest absolute Gasteiger partial charge is 0.0270 e. The third-order valence-electron chi connectivity index (χ3n) is 4.52.